The zero-order valence-electron chi connectivity index (χ0n) is 12.1. The molecule has 1 aliphatic rings. The Labute approximate surface area is 139 Å². The SMILES string of the molecule is Cl.O=C(O)C1(NCc2cc([N+](=O)[O-])cc3[nH]c(=O)c(=O)[nH]c23)CC1. The van der Waals surface area contributed by atoms with Gasteiger partial charge in [-0.15, -0.1) is 12.4 Å². The van der Waals surface area contributed by atoms with Gasteiger partial charge in [0.1, 0.15) is 5.54 Å². The van der Waals surface area contributed by atoms with Gasteiger partial charge in [-0.3, -0.25) is 29.8 Å². The van der Waals surface area contributed by atoms with Crippen LogP contribution >= 0.6 is 12.4 Å². The second kappa shape index (κ2) is 6.06. The van der Waals surface area contributed by atoms with Crippen LogP contribution in [0.5, 0.6) is 0 Å². The van der Waals surface area contributed by atoms with Gasteiger partial charge in [0.2, 0.25) is 0 Å². The van der Waals surface area contributed by atoms with Gasteiger partial charge in [0, 0.05) is 18.7 Å². The molecule has 0 amide bonds. The van der Waals surface area contributed by atoms with Crippen LogP contribution in [0.3, 0.4) is 0 Å². The largest absolute Gasteiger partial charge is 0.480 e. The zero-order chi connectivity index (χ0) is 16.8. The highest BCUT2D eigenvalue weighted by atomic mass is 35.5. The summed E-state index contributed by atoms with van der Waals surface area (Å²) in [5.41, 5.74) is -2.42. The third kappa shape index (κ3) is 3.01. The quantitative estimate of drug-likeness (QED) is 0.339. The number of nitrogens with zero attached hydrogens (tertiary/aromatic N) is 1. The summed E-state index contributed by atoms with van der Waals surface area (Å²) < 4.78 is 0. The van der Waals surface area contributed by atoms with Gasteiger partial charge < -0.3 is 15.1 Å². The minimum absolute atomic E-state index is 0. The van der Waals surface area contributed by atoms with Crippen molar-refractivity contribution in [2.24, 2.45) is 0 Å². The van der Waals surface area contributed by atoms with Crippen molar-refractivity contribution in [1.29, 1.82) is 0 Å². The molecule has 1 fully saturated rings. The maximum absolute atomic E-state index is 11.5. The highest BCUT2D eigenvalue weighted by molar-refractivity contribution is 5.85. The van der Waals surface area contributed by atoms with Crippen molar-refractivity contribution in [3.05, 3.63) is 48.5 Å². The first-order valence-corrected chi connectivity index (χ1v) is 6.74. The Balaban J connectivity index is 0.00000208. The van der Waals surface area contributed by atoms with E-state index in [1.54, 1.807) is 0 Å². The van der Waals surface area contributed by atoms with Gasteiger partial charge in [0.05, 0.1) is 16.0 Å². The first kappa shape index (κ1) is 17.6. The Kier molecular flexibility index (Phi) is 4.45. The van der Waals surface area contributed by atoms with E-state index < -0.39 is 27.6 Å². The number of carbonyl (C=O) groups is 1. The fraction of sp³-hybridized carbons (Fsp3) is 0.308. The predicted octanol–water partition coefficient (Wildman–Crippen LogP) is 0.253. The Hall–Kier alpha value is -2.72. The number of H-pyrrole nitrogens is 2. The van der Waals surface area contributed by atoms with E-state index in [4.69, 9.17) is 5.11 Å². The van der Waals surface area contributed by atoms with Crippen molar-refractivity contribution in [2.45, 2.75) is 24.9 Å². The summed E-state index contributed by atoms with van der Waals surface area (Å²) in [6.07, 6.45) is 0.922. The van der Waals surface area contributed by atoms with Gasteiger partial charge in [-0.1, -0.05) is 0 Å². The van der Waals surface area contributed by atoms with E-state index in [9.17, 15) is 24.5 Å². The second-order valence-corrected chi connectivity index (χ2v) is 5.43. The lowest BCUT2D eigenvalue weighted by molar-refractivity contribution is -0.384. The molecule has 1 saturated carbocycles. The second-order valence-electron chi connectivity index (χ2n) is 5.43. The van der Waals surface area contributed by atoms with Crippen LogP contribution in [0.25, 0.3) is 11.0 Å². The van der Waals surface area contributed by atoms with Crippen LogP contribution in [-0.4, -0.2) is 31.5 Å². The zero-order valence-corrected chi connectivity index (χ0v) is 12.9. The van der Waals surface area contributed by atoms with E-state index in [1.807, 2.05) is 0 Å². The molecule has 2 aromatic rings. The number of carboxylic acid groups (broad SMARTS) is 1. The number of rotatable bonds is 5. The van der Waals surface area contributed by atoms with Crippen LogP contribution in [0.15, 0.2) is 21.7 Å². The van der Waals surface area contributed by atoms with E-state index in [1.165, 1.54) is 6.07 Å². The molecular formula is C13H13ClN4O6. The molecule has 0 radical (unpaired) electrons. The third-order valence-corrected chi connectivity index (χ3v) is 3.89. The number of non-ortho nitro benzene ring substituents is 1. The molecule has 0 unspecified atom stereocenters. The minimum Gasteiger partial charge on any atom is -0.480 e. The fourth-order valence-corrected chi connectivity index (χ4v) is 2.38. The highest BCUT2D eigenvalue weighted by Gasteiger charge is 2.49. The molecule has 3 rings (SSSR count). The van der Waals surface area contributed by atoms with Gasteiger partial charge in [-0.25, -0.2) is 0 Å². The Morgan fingerprint density at radius 3 is 2.46 bits per heavy atom. The summed E-state index contributed by atoms with van der Waals surface area (Å²) in [4.78, 5) is 49.0. The third-order valence-electron chi connectivity index (χ3n) is 3.89. The number of carboxylic acids is 1. The molecule has 4 N–H and O–H groups in total. The number of aromatic amines is 2. The smallest absolute Gasteiger partial charge is 0.323 e. The van der Waals surface area contributed by atoms with Crippen molar-refractivity contribution in [2.75, 3.05) is 0 Å². The van der Waals surface area contributed by atoms with Crippen LogP contribution in [0.1, 0.15) is 18.4 Å². The number of benzene rings is 1. The van der Waals surface area contributed by atoms with Crippen molar-refractivity contribution in [3.8, 4) is 0 Å². The van der Waals surface area contributed by atoms with Crippen molar-refractivity contribution < 1.29 is 14.8 Å². The van der Waals surface area contributed by atoms with Crippen molar-refractivity contribution >= 4 is 35.1 Å². The predicted molar refractivity (Wildman–Crippen MR) is 85.5 cm³/mol. The van der Waals surface area contributed by atoms with Crippen LogP contribution in [-0.2, 0) is 11.3 Å². The molecule has 1 aromatic heterocycles. The number of hydrogen-bond acceptors (Lipinski definition) is 6. The molecule has 0 saturated heterocycles. The number of nitro groups is 1. The van der Waals surface area contributed by atoms with E-state index in [2.05, 4.69) is 15.3 Å². The maximum Gasteiger partial charge on any atom is 0.323 e. The number of aliphatic carboxylic acids is 1. The summed E-state index contributed by atoms with van der Waals surface area (Å²) in [5, 5.41) is 23.0. The number of aromatic nitrogens is 2. The Morgan fingerprint density at radius 1 is 1.29 bits per heavy atom. The molecule has 0 aliphatic heterocycles. The monoisotopic (exact) mass is 356 g/mol. The van der Waals surface area contributed by atoms with Crippen LogP contribution in [0, 0.1) is 10.1 Å². The van der Waals surface area contributed by atoms with E-state index in [0.29, 0.717) is 18.4 Å². The van der Waals surface area contributed by atoms with Gasteiger partial charge in [-0.05, 0) is 18.4 Å². The molecule has 128 valence electrons. The van der Waals surface area contributed by atoms with Crippen LogP contribution < -0.4 is 16.4 Å². The first-order valence-electron chi connectivity index (χ1n) is 6.74. The van der Waals surface area contributed by atoms with E-state index in [-0.39, 0.29) is 35.7 Å². The number of nitro benzene ring substituents is 1. The molecule has 1 aromatic carbocycles. The van der Waals surface area contributed by atoms with E-state index >= 15 is 0 Å². The lowest BCUT2D eigenvalue weighted by Gasteiger charge is -2.13. The van der Waals surface area contributed by atoms with Crippen molar-refractivity contribution in [1.82, 2.24) is 15.3 Å². The summed E-state index contributed by atoms with van der Waals surface area (Å²) >= 11 is 0. The fourth-order valence-electron chi connectivity index (χ4n) is 2.38. The molecule has 0 bridgehead atoms. The molecule has 0 atom stereocenters. The summed E-state index contributed by atoms with van der Waals surface area (Å²) in [6.45, 7) is 0.00641. The molecule has 24 heavy (non-hydrogen) atoms. The van der Waals surface area contributed by atoms with Gasteiger partial charge >= 0.3 is 17.1 Å². The number of fused-ring (bicyclic) bond motifs is 1. The maximum atomic E-state index is 11.5. The molecular weight excluding hydrogens is 344 g/mol. The average Bonchev–Trinajstić information content (AvgIpc) is 3.27. The molecule has 11 heteroatoms. The molecule has 0 spiro atoms. The molecule has 1 aliphatic carbocycles. The number of halogens is 1. The van der Waals surface area contributed by atoms with Crippen molar-refractivity contribution in [3.63, 3.8) is 0 Å². The summed E-state index contributed by atoms with van der Waals surface area (Å²) in [7, 11) is 0. The number of hydrogen-bond donors (Lipinski definition) is 4. The molecule has 1 heterocycles. The Morgan fingerprint density at radius 2 is 1.92 bits per heavy atom. The van der Waals surface area contributed by atoms with Crippen LogP contribution in [0.4, 0.5) is 5.69 Å². The topological polar surface area (TPSA) is 158 Å². The minimum atomic E-state index is -1.03. The lowest BCUT2D eigenvalue weighted by atomic mass is 10.1. The number of nitrogens with one attached hydrogen (secondary N) is 3. The summed E-state index contributed by atoms with van der Waals surface area (Å²) in [5.74, 6) is -0.992. The van der Waals surface area contributed by atoms with Gasteiger partial charge in [0.25, 0.3) is 5.69 Å². The average molecular weight is 357 g/mol. The van der Waals surface area contributed by atoms with Gasteiger partial charge in [-0.2, -0.15) is 0 Å². The normalized spacial score (nSPS) is 14.8. The van der Waals surface area contributed by atoms with E-state index in [0.717, 1.165) is 6.07 Å². The first-order chi connectivity index (χ1) is 10.8. The standard InChI is InChI=1S/C13H12N4O6.ClH/c18-10-11(19)16-9-6(5-14-13(1-2-13)12(20)21)3-7(17(22)23)4-8(9)15-10;/h3-4,14H,1-2,5H2,(H,15,18)(H,16,19)(H,20,21);1H. The highest BCUT2D eigenvalue weighted by Crippen LogP contribution is 2.36. The Bertz CT molecular complexity index is 946. The summed E-state index contributed by atoms with van der Waals surface area (Å²) in [6, 6.07) is 2.38. The lowest BCUT2D eigenvalue weighted by Crippen LogP contribution is -2.38. The molecule has 10 nitrogen and oxygen atoms in total. The van der Waals surface area contributed by atoms with Crippen LogP contribution in [0.2, 0.25) is 0 Å². The van der Waals surface area contributed by atoms with Gasteiger partial charge in [0.15, 0.2) is 0 Å².